The maximum Gasteiger partial charge on any atom is 0.220 e. The molecular formula is C4H7BrINOP2. The summed E-state index contributed by atoms with van der Waals surface area (Å²) >= 11 is 5.54. The molecule has 2 atom stereocenters. The van der Waals surface area contributed by atoms with Crippen molar-refractivity contribution in [1.29, 1.82) is 5.41 Å². The van der Waals surface area contributed by atoms with Crippen LogP contribution >= 0.6 is 52.2 Å². The first-order valence-corrected chi connectivity index (χ1v) is 9.30. The van der Waals surface area contributed by atoms with Gasteiger partial charge in [-0.25, -0.2) is 0 Å². The molecule has 10 heavy (non-hydrogen) atoms. The van der Waals surface area contributed by atoms with E-state index in [1.165, 1.54) is 7.11 Å². The molecule has 0 radical (unpaired) electrons. The lowest BCUT2D eigenvalue weighted by Gasteiger charge is -1.98. The molecule has 0 heterocycles. The highest BCUT2D eigenvalue weighted by Crippen LogP contribution is 2.45. The minimum Gasteiger partial charge on any atom is -0.481 e. The predicted octanol–water partition coefficient (Wildman–Crippen LogP) is 3.47. The quantitative estimate of drug-likeness (QED) is 0.358. The first-order chi connectivity index (χ1) is 4.72. The summed E-state index contributed by atoms with van der Waals surface area (Å²) in [6.07, 6.45) is 0. The van der Waals surface area contributed by atoms with Crippen LogP contribution in [0.5, 0.6) is 0 Å². The van der Waals surface area contributed by atoms with E-state index in [-0.39, 0.29) is 5.90 Å². The Morgan fingerprint density at radius 2 is 2.40 bits per heavy atom. The zero-order chi connectivity index (χ0) is 7.98. The van der Waals surface area contributed by atoms with E-state index in [0.29, 0.717) is 0 Å². The number of hydrogen-bond acceptors (Lipinski definition) is 2. The molecule has 0 amide bonds. The Labute approximate surface area is 85.1 Å². The van der Waals surface area contributed by atoms with Gasteiger partial charge in [0.2, 0.25) is 5.90 Å². The Hall–Kier alpha value is 1.28. The summed E-state index contributed by atoms with van der Waals surface area (Å²) in [7, 11) is 2.27. The van der Waals surface area contributed by atoms with Crippen LogP contribution < -0.4 is 0 Å². The minimum atomic E-state index is 0.196. The molecule has 58 valence electrons. The summed E-state index contributed by atoms with van der Waals surface area (Å²) in [6.45, 7) is 0. The third-order valence-electron chi connectivity index (χ3n) is 0.674. The highest BCUT2D eigenvalue weighted by atomic mass is 127. The van der Waals surface area contributed by atoms with Gasteiger partial charge in [0.1, 0.15) is 0 Å². The van der Waals surface area contributed by atoms with Crippen LogP contribution in [0.4, 0.5) is 0 Å². The molecule has 0 aromatic carbocycles. The van der Waals surface area contributed by atoms with Gasteiger partial charge in [0.25, 0.3) is 0 Å². The molecule has 2 unspecified atom stereocenters. The first kappa shape index (κ1) is 11.3. The number of halogens is 2. The summed E-state index contributed by atoms with van der Waals surface area (Å²) in [5.74, 6) is 3.05. The van der Waals surface area contributed by atoms with Gasteiger partial charge in [-0.05, 0) is 27.7 Å². The molecular weight excluding hydrogens is 347 g/mol. The largest absolute Gasteiger partial charge is 0.481 e. The molecule has 0 aliphatic carbocycles. The molecule has 0 aliphatic rings. The molecule has 1 N–H and O–H groups in total. The summed E-state index contributed by atoms with van der Waals surface area (Å²) in [4.78, 5) is 0. The number of methoxy groups -OCH3 is 1. The summed E-state index contributed by atoms with van der Waals surface area (Å²) < 4.78 is 5.43. The predicted molar refractivity (Wildman–Crippen MR) is 62.4 cm³/mol. The Kier molecular flexibility index (Phi) is 7.85. The van der Waals surface area contributed by atoms with Crippen molar-refractivity contribution in [3.05, 3.63) is 10.3 Å². The minimum absolute atomic E-state index is 0.196. The lowest BCUT2D eigenvalue weighted by molar-refractivity contribution is 0.402. The lowest BCUT2D eigenvalue weighted by atomic mass is 10.6. The molecule has 6 heteroatoms. The normalized spacial score (nSPS) is 13.7. The van der Waals surface area contributed by atoms with Gasteiger partial charge in [-0.15, -0.1) is 0 Å². The van der Waals surface area contributed by atoms with Crippen molar-refractivity contribution < 1.29 is 4.74 Å². The maximum absolute atomic E-state index is 7.19. The van der Waals surface area contributed by atoms with Gasteiger partial charge in [-0.1, -0.05) is 30.3 Å². The number of rotatable bonds is 3. The third kappa shape index (κ3) is 5.00. The zero-order valence-corrected chi connectivity index (χ0v) is 11.0. The smallest absolute Gasteiger partial charge is 0.220 e. The van der Waals surface area contributed by atoms with Crippen molar-refractivity contribution in [2.75, 3.05) is 7.11 Å². The second kappa shape index (κ2) is 6.96. The Morgan fingerprint density at radius 1 is 1.80 bits per heavy atom. The first-order valence-electron chi connectivity index (χ1n) is 2.32. The maximum atomic E-state index is 7.19. The van der Waals surface area contributed by atoms with Crippen molar-refractivity contribution in [2.45, 2.75) is 0 Å². The fourth-order valence-electron chi connectivity index (χ4n) is 0.254. The van der Waals surface area contributed by atoms with Crippen LogP contribution in [0.3, 0.4) is 0 Å². The van der Waals surface area contributed by atoms with E-state index in [1.54, 1.807) is 0 Å². The second-order valence-corrected chi connectivity index (χ2v) is 9.17. The van der Waals surface area contributed by atoms with Crippen LogP contribution in [0, 0.1) is 5.41 Å². The number of ether oxygens (including phenoxy) is 1. The molecule has 0 spiro atoms. The van der Waals surface area contributed by atoms with E-state index in [9.17, 15) is 0 Å². The summed E-state index contributed by atoms with van der Waals surface area (Å²) in [6, 6.07) is 0. The third-order valence-corrected chi connectivity index (χ3v) is 5.79. The highest BCUT2D eigenvalue weighted by molar-refractivity contribution is 14.2. The lowest BCUT2D eigenvalue weighted by Crippen LogP contribution is -1.96. The molecule has 2 nitrogen and oxygen atoms in total. The average molecular weight is 354 g/mol. The van der Waals surface area contributed by atoms with Crippen molar-refractivity contribution in [2.24, 2.45) is 0 Å². The van der Waals surface area contributed by atoms with E-state index in [1.807, 2.05) is 5.82 Å². The van der Waals surface area contributed by atoms with Gasteiger partial charge >= 0.3 is 0 Å². The Balaban J connectivity index is 3.80. The van der Waals surface area contributed by atoms with Crippen LogP contribution in [-0.4, -0.2) is 13.0 Å². The number of nitrogens with one attached hydrogen (secondary N) is 1. The van der Waals surface area contributed by atoms with E-state index in [2.05, 4.69) is 42.7 Å². The highest BCUT2D eigenvalue weighted by Gasteiger charge is 1.97. The van der Waals surface area contributed by atoms with E-state index in [4.69, 9.17) is 5.41 Å². The molecule has 0 saturated carbocycles. The summed E-state index contributed by atoms with van der Waals surface area (Å²) in [5.41, 5.74) is 0. The van der Waals surface area contributed by atoms with Gasteiger partial charge in [-0.3, -0.25) is 5.41 Å². The van der Waals surface area contributed by atoms with Gasteiger partial charge in [0.05, 0.1) is 11.6 Å². The van der Waals surface area contributed by atoms with Crippen LogP contribution in [0.1, 0.15) is 0 Å². The standard InChI is InChI=1S/C4H7BrINOP2/c1-8-4(7)3(5)2-9-10-6/h2,7,9-10H,1H3/b3-2+,7-4?. The molecule has 0 aliphatic heterocycles. The molecule has 0 rings (SSSR count). The van der Waals surface area contributed by atoms with E-state index >= 15 is 0 Å². The molecule has 0 fully saturated rings. The van der Waals surface area contributed by atoms with Crippen molar-refractivity contribution >= 4 is 58.0 Å². The molecule has 0 aromatic heterocycles. The molecule has 0 saturated heterocycles. The SMILES string of the molecule is COC(=N)/C(Br)=C\PPI. The molecule has 0 aromatic rings. The molecule has 0 bridgehead atoms. The van der Waals surface area contributed by atoms with Crippen molar-refractivity contribution in [3.63, 3.8) is 0 Å². The van der Waals surface area contributed by atoms with Crippen molar-refractivity contribution in [3.8, 4) is 0 Å². The zero-order valence-electron chi connectivity index (χ0n) is 5.24. The monoisotopic (exact) mass is 353 g/mol. The Morgan fingerprint density at radius 3 is 2.80 bits per heavy atom. The average Bonchev–Trinajstić information content (AvgIpc) is 1.98. The van der Waals surface area contributed by atoms with Crippen LogP contribution in [0.2, 0.25) is 0 Å². The van der Waals surface area contributed by atoms with Gasteiger partial charge < -0.3 is 4.74 Å². The number of hydrogen-bond donors (Lipinski definition) is 1. The fraction of sp³-hybridized carbons (Fsp3) is 0.250. The van der Waals surface area contributed by atoms with Gasteiger partial charge in [-0.2, -0.15) is 0 Å². The van der Waals surface area contributed by atoms with Gasteiger partial charge in [0.15, 0.2) is 0 Å². The Bertz CT molecular complexity index is 152. The van der Waals surface area contributed by atoms with Gasteiger partial charge in [0, 0.05) is 0 Å². The summed E-state index contributed by atoms with van der Waals surface area (Å²) in [5, 5.41) is 7.19. The van der Waals surface area contributed by atoms with E-state index in [0.717, 1.165) is 18.7 Å². The van der Waals surface area contributed by atoms with Crippen molar-refractivity contribution in [1.82, 2.24) is 0 Å². The topological polar surface area (TPSA) is 33.1 Å². The van der Waals surface area contributed by atoms with E-state index < -0.39 is 0 Å². The second-order valence-electron chi connectivity index (χ2n) is 1.26. The fourth-order valence-corrected chi connectivity index (χ4v) is 3.70. The van der Waals surface area contributed by atoms with Crippen LogP contribution in [-0.2, 0) is 4.74 Å². The van der Waals surface area contributed by atoms with Crippen LogP contribution in [0.15, 0.2) is 10.3 Å². The van der Waals surface area contributed by atoms with Crippen LogP contribution in [0.25, 0.3) is 0 Å².